The Morgan fingerprint density at radius 2 is 1.89 bits per heavy atom. The molecule has 0 aromatic heterocycles. The normalized spacial score (nSPS) is 10.5. The molecule has 0 spiro atoms. The van der Waals surface area contributed by atoms with Gasteiger partial charge in [0, 0.05) is 11.4 Å². The fraction of sp³-hybridized carbons (Fsp3) is 0.188. The van der Waals surface area contributed by atoms with E-state index in [1.165, 1.54) is 18.2 Å². The largest absolute Gasteiger partial charge is 0.294 e. The van der Waals surface area contributed by atoms with Crippen LogP contribution in [0.3, 0.4) is 0 Å². The van der Waals surface area contributed by atoms with E-state index in [2.05, 4.69) is 0 Å². The summed E-state index contributed by atoms with van der Waals surface area (Å²) in [5.41, 5.74) is 3.08. The number of carbonyl (C=O) groups is 1. The first-order valence-electron chi connectivity index (χ1n) is 6.02. The topological polar surface area (TPSA) is 17.1 Å². The fourth-order valence-corrected chi connectivity index (χ4v) is 2.14. The molecule has 0 bridgehead atoms. The van der Waals surface area contributed by atoms with E-state index in [4.69, 9.17) is 11.6 Å². The number of hydrogen-bond donors (Lipinski definition) is 0. The summed E-state index contributed by atoms with van der Waals surface area (Å²) in [5, 5.41) is 0.366. The van der Waals surface area contributed by atoms with Crippen molar-refractivity contribution in [3.63, 3.8) is 0 Å². The van der Waals surface area contributed by atoms with Gasteiger partial charge in [-0.25, -0.2) is 4.39 Å². The van der Waals surface area contributed by atoms with Crippen molar-refractivity contribution < 1.29 is 9.18 Å². The summed E-state index contributed by atoms with van der Waals surface area (Å²) in [7, 11) is 0. The van der Waals surface area contributed by atoms with Gasteiger partial charge in [-0.05, 0) is 43.2 Å². The summed E-state index contributed by atoms with van der Waals surface area (Å²) in [5.74, 6) is -0.784. The van der Waals surface area contributed by atoms with Crippen LogP contribution in [0, 0.1) is 19.7 Å². The van der Waals surface area contributed by atoms with Crippen molar-refractivity contribution in [1.29, 1.82) is 0 Å². The van der Waals surface area contributed by atoms with Crippen LogP contribution in [0.15, 0.2) is 36.4 Å². The number of carbonyl (C=O) groups excluding carboxylic acids is 1. The average Bonchev–Trinajstić information content (AvgIpc) is 2.36. The molecule has 0 aliphatic heterocycles. The van der Waals surface area contributed by atoms with Gasteiger partial charge in [0.1, 0.15) is 5.82 Å². The Labute approximate surface area is 117 Å². The molecule has 0 saturated heterocycles. The lowest BCUT2D eigenvalue weighted by atomic mass is 9.97. The summed E-state index contributed by atoms with van der Waals surface area (Å²) in [6.45, 7) is 3.91. The van der Waals surface area contributed by atoms with E-state index in [9.17, 15) is 9.18 Å². The molecule has 0 N–H and O–H groups in total. The van der Waals surface area contributed by atoms with E-state index in [0.717, 1.165) is 16.7 Å². The van der Waals surface area contributed by atoms with E-state index >= 15 is 0 Å². The molecule has 0 amide bonds. The quantitative estimate of drug-likeness (QED) is 0.753. The molecular formula is C16H14ClFO. The minimum atomic E-state index is -0.528. The summed E-state index contributed by atoms with van der Waals surface area (Å²) < 4.78 is 13.6. The number of ketones is 1. The molecule has 0 aliphatic carbocycles. The zero-order chi connectivity index (χ0) is 14.0. The molecule has 0 aliphatic rings. The van der Waals surface area contributed by atoms with Crippen molar-refractivity contribution >= 4 is 17.4 Å². The summed E-state index contributed by atoms with van der Waals surface area (Å²) in [6.07, 6.45) is 0.185. The zero-order valence-corrected chi connectivity index (χ0v) is 11.6. The molecular weight excluding hydrogens is 263 g/mol. The monoisotopic (exact) mass is 276 g/mol. The first-order valence-corrected chi connectivity index (χ1v) is 6.39. The number of halogens is 2. The van der Waals surface area contributed by atoms with Crippen LogP contribution in [0.1, 0.15) is 27.0 Å². The maximum absolute atomic E-state index is 13.6. The lowest BCUT2D eigenvalue weighted by molar-refractivity contribution is 0.0989. The van der Waals surface area contributed by atoms with Crippen LogP contribution in [0.4, 0.5) is 4.39 Å². The molecule has 98 valence electrons. The van der Waals surface area contributed by atoms with Gasteiger partial charge in [-0.3, -0.25) is 4.79 Å². The van der Waals surface area contributed by atoms with E-state index in [1.807, 2.05) is 32.0 Å². The van der Waals surface area contributed by atoms with Crippen LogP contribution in [0.5, 0.6) is 0 Å². The highest BCUT2D eigenvalue weighted by Gasteiger charge is 2.14. The predicted octanol–water partition coefficient (Wildman–Crippen LogP) is 4.52. The van der Waals surface area contributed by atoms with E-state index in [1.54, 1.807) is 0 Å². The van der Waals surface area contributed by atoms with Crippen LogP contribution in [0.25, 0.3) is 0 Å². The van der Waals surface area contributed by atoms with Gasteiger partial charge in [0.25, 0.3) is 0 Å². The Bertz CT molecular complexity index is 635. The molecule has 1 nitrogen and oxygen atoms in total. The lowest BCUT2D eigenvalue weighted by Crippen LogP contribution is -2.07. The van der Waals surface area contributed by atoms with E-state index in [-0.39, 0.29) is 17.8 Å². The van der Waals surface area contributed by atoms with E-state index in [0.29, 0.717) is 5.02 Å². The first-order chi connectivity index (χ1) is 8.97. The van der Waals surface area contributed by atoms with E-state index < -0.39 is 5.82 Å². The molecule has 2 aromatic carbocycles. The number of hydrogen-bond acceptors (Lipinski definition) is 1. The molecule has 0 unspecified atom stereocenters. The maximum atomic E-state index is 13.6. The maximum Gasteiger partial charge on any atom is 0.170 e. The molecule has 0 saturated carbocycles. The third kappa shape index (κ3) is 3.21. The highest BCUT2D eigenvalue weighted by Crippen LogP contribution is 2.19. The molecule has 0 fully saturated rings. The van der Waals surface area contributed by atoms with Crippen LogP contribution >= 0.6 is 11.6 Å². The Morgan fingerprint density at radius 1 is 1.16 bits per heavy atom. The highest BCUT2D eigenvalue weighted by molar-refractivity contribution is 6.31. The number of Topliss-reactive ketones (excluding diaryl/α,β-unsaturated/α-hetero) is 1. The molecule has 19 heavy (non-hydrogen) atoms. The Morgan fingerprint density at radius 3 is 2.63 bits per heavy atom. The fourth-order valence-electron chi connectivity index (χ4n) is 1.97. The van der Waals surface area contributed by atoms with Crippen molar-refractivity contribution in [2.45, 2.75) is 20.3 Å². The van der Waals surface area contributed by atoms with Crippen molar-refractivity contribution in [1.82, 2.24) is 0 Å². The predicted molar refractivity (Wildman–Crippen MR) is 75.4 cm³/mol. The van der Waals surface area contributed by atoms with Gasteiger partial charge in [-0.2, -0.15) is 0 Å². The van der Waals surface area contributed by atoms with Gasteiger partial charge < -0.3 is 0 Å². The zero-order valence-electron chi connectivity index (χ0n) is 10.8. The summed E-state index contributed by atoms with van der Waals surface area (Å²) >= 11 is 5.80. The van der Waals surface area contributed by atoms with Gasteiger partial charge >= 0.3 is 0 Å². The molecule has 0 radical (unpaired) electrons. The molecule has 0 heterocycles. The number of aryl methyl sites for hydroxylation is 2. The van der Waals surface area contributed by atoms with Gasteiger partial charge in [0.05, 0.1) is 5.56 Å². The van der Waals surface area contributed by atoms with Crippen molar-refractivity contribution in [3.8, 4) is 0 Å². The van der Waals surface area contributed by atoms with Gasteiger partial charge in [0.2, 0.25) is 0 Å². The van der Waals surface area contributed by atoms with Gasteiger partial charge in [0.15, 0.2) is 5.78 Å². The second-order valence-electron chi connectivity index (χ2n) is 4.65. The molecule has 2 rings (SSSR count). The summed E-state index contributed by atoms with van der Waals surface area (Å²) in [6, 6.07) is 9.94. The smallest absolute Gasteiger partial charge is 0.170 e. The second kappa shape index (κ2) is 5.54. The first kappa shape index (κ1) is 13.8. The third-order valence-electron chi connectivity index (χ3n) is 3.08. The Balaban J connectivity index is 2.30. The minimum Gasteiger partial charge on any atom is -0.294 e. The molecule has 2 aromatic rings. The Hall–Kier alpha value is -1.67. The van der Waals surface area contributed by atoms with Crippen molar-refractivity contribution in [3.05, 3.63) is 69.5 Å². The van der Waals surface area contributed by atoms with Crippen molar-refractivity contribution in [2.75, 3.05) is 0 Å². The SMILES string of the molecule is Cc1ccc(C)c(CC(=O)c2cc(Cl)ccc2F)c1. The van der Waals surface area contributed by atoms with Crippen molar-refractivity contribution in [2.24, 2.45) is 0 Å². The van der Waals surface area contributed by atoms with Crippen LogP contribution in [0.2, 0.25) is 5.02 Å². The molecule has 0 atom stereocenters. The Kier molecular flexibility index (Phi) is 4.01. The standard InChI is InChI=1S/C16H14ClFO/c1-10-3-4-11(2)12(7-10)8-16(19)14-9-13(17)5-6-15(14)18/h3-7,9H,8H2,1-2H3. The molecule has 3 heteroatoms. The van der Waals surface area contributed by atoms with Gasteiger partial charge in [-0.1, -0.05) is 35.4 Å². The van der Waals surface area contributed by atoms with Crippen LogP contribution in [-0.4, -0.2) is 5.78 Å². The lowest BCUT2D eigenvalue weighted by Gasteiger charge is -2.07. The number of rotatable bonds is 3. The number of benzene rings is 2. The highest BCUT2D eigenvalue weighted by atomic mass is 35.5. The summed E-state index contributed by atoms with van der Waals surface area (Å²) in [4.78, 5) is 12.2. The van der Waals surface area contributed by atoms with Crippen LogP contribution < -0.4 is 0 Å². The second-order valence-corrected chi connectivity index (χ2v) is 5.09. The minimum absolute atomic E-state index is 0.0495. The third-order valence-corrected chi connectivity index (χ3v) is 3.32. The van der Waals surface area contributed by atoms with Gasteiger partial charge in [-0.15, -0.1) is 0 Å². The van der Waals surface area contributed by atoms with Crippen LogP contribution in [-0.2, 0) is 6.42 Å². The average molecular weight is 277 g/mol.